The average Bonchev–Trinajstić information content (AvgIpc) is 3.46. The van der Waals surface area contributed by atoms with Gasteiger partial charge in [0, 0.05) is 24.2 Å². The molecule has 2 aromatic carbocycles. The molecule has 2 aromatic heterocycles. The first-order chi connectivity index (χ1) is 16.5. The first kappa shape index (κ1) is 23.6. The molecule has 0 fully saturated rings. The van der Waals surface area contributed by atoms with Gasteiger partial charge >= 0.3 is 0 Å². The zero-order chi connectivity index (χ0) is 23.9. The standard InChI is InChI=1S/C25H28N6O2S/c1-4-33-21-12-10-20(11-13-21)30-23(16-19-8-6-5-7-9-19)28-29-25(30)34-17-24(32)27-22-14-15-26-31(22)18(2)3/h5-15,18H,4,16-17H2,1-3H3,(H,27,32). The van der Waals surface area contributed by atoms with E-state index in [1.807, 2.05) is 67.8 Å². The maximum Gasteiger partial charge on any atom is 0.235 e. The Balaban J connectivity index is 1.55. The molecule has 0 atom stereocenters. The van der Waals surface area contributed by atoms with E-state index in [0.29, 0.717) is 24.0 Å². The van der Waals surface area contributed by atoms with Crippen molar-refractivity contribution in [3.8, 4) is 11.4 Å². The number of nitrogens with zero attached hydrogens (tertiary/aromatic N) is 5. The normalized spacial score (nSPS) is 11.1. The van der Waals surface area contributed by atoms with Crippen molar-refractivity contribution in [2.24, 2.45) is 0 Å². The van der Waals surface area contributed by atoms with Gasteiger partial charge in [0.1, 0.15) is 17.4 Å². The summed E-state index contributed by atoms with van der Waals surface area (Å²) in [5.41, 5.74) is 2.05. The number of anilines is 1. The minimum absolute atomic E-state index is 0.127. The summed E-state index contributed by atoms with van der Waals surface area (Å²) in [7, 11) is 0. The Kier molecular flexibility index (Phi) is 7.64. The number of carbonyl (C=O) groups excluding carboxylic acids is 1. The Labute approximate surface area is 203 Å². The highest BCUT2D eigenvalue weighted by Gasteiger charge is 2.17. The molecule has 0 saturated heterocycles. The fraction of sp³-hybridized carbons (Fsp3) is 0.280. The molecule has 0 unspecified atom stereocenters. The van der Waals surface area contributed by atoms with Crippen molar-refractivity contribution in [1.82, 2.24) is 24.5 Å². The highest BCUT2D eigenvalue weighted by Crippen LogP contribution is 2.25. The summed E-state index contributed by atoms with van der Waals surface area (Å²) in [4.78, 5) is 12.7. The van der Waals surface area contributed by atoms with Crippen LogP contribution in [-0.4, -0.2) is 42.8 Å². The number of hydrogen-bond acceptors (Lipinski definition) is 6. The van der Waals surface area contributed by atoms with Crippen LogP contribution in [0.1, 0.15) is 38.2 Å². The molecule has 0 aliphatic carbocycles. The second-order valence-corrected chi connectivity index (χ2v) is 8.86. The predicted octanol–water partition coefficient (Wildman–Crippen LogP) is 4.77. The smallest absolute Gasteiger partial charge is 0.235 e. The predicted molar refractivity (Wildman–Crippen MR) is 134 cm³/mol. The molecule has 176 valence electrons. The average molecular weight is 477 g/mol. The zero-order valence-electron chi connectivity index (χ0n) is 19.5. The number of amides is 1. The van der Waals surface area contributed by atoms with Gasteiger partial charge in [-0.15, -0.1) is 10.2 Å². The van der Waals surface area contributed by atoms with Crippen molar-refractivity contribution in [2.45, 2.75) is 38.4 Å². The molecule has 0 saturated carbocycles. The number of nitrogens with one attached hydrogen (secondary N) is 1. The SMILES string of the molecule is CCOc1ccc(-n2c(Cc3ccccc3)nnc2SCC(=O)Nc2ccnn2C(C)C)cc1. The lowest BCUT2D eigenvalue weighted by atomic mass is 10.1. The number of benzene rings is 2. The summed E-state index contributed by atoms with van der Waals surface area (Å²) in [6, 6.07) is 19.9. The van der Waals surface area contributed by atoms with Gasteiger partial charge in [0.25, 0.3) is 0 Å². The first-order valence-corrected chi connectivity index (χ1v) is 12.2. The van der Waals surface area contributed by atoms with Gasteiger partial charge in [-0.3, -0.25) is 9.36 Å². The van der Waals surface area contributed by atoms with Gasteiger partial charge in [-0.2, -0.15) is 5.10 Å². The maximum atomic E-state index is 12.7. The van der Waals surface area contributed by atoms with Crippen molar-refractivity contribution in [2.75, 3.05) is 17.7 Å². The van der Waals surface area contributed by atoms with E-state index in [2.05, 4.69) is 32.7 Å². The fourth-order valence-corrected chi connectivity index (χ4v) is 4.31. The molecule has 9 heteroatoms. The van der Waals surface area contributed by atoms with Crippen LogP contribution in [0.3, 0.4) is 0 Å². The summed E-state index contributed by atoms with van der Waals surface area (Å²) >= 11 is 1.35. The number of aromatic nitrogens is 5. The summed E-state index contributed by atoms with van der Waals surface area (Å²) < 4.78 is 9.36. The van der Waals surface area contributed by atoms with E-state index in [1.54, 1.807) is 16.9 Å². The van der Waals surface area contributed by atoms with Crippen molar-refractivity contribution in [3.63, 3.8) is 0 Å². The van der Waals surface area contributed by atoms with E-state index in [9.17, 15) is 4.79 Å². The number of carbonyl (C=O) groups is 1. The molecule has 2 heterocycles. The third-order valence-electron chi connectivity index (χ3n) is 5.07. The van der Waals surface area contributed by atoms with E-state index in [-0.39, 0.29) is 17.7 Å². The van der Waals surface area contributed by atoms with Crippen molar-refractivity contribution in [3.05, 3.63) is 78.2 Å². The van der Waals surface area contributed by atoms with Crippen LogP contribution in [0.25, 0.3) is 5.69 Å². The van der Waals surface area contributed by atoms with Crippen LogP contribution in [0, 0.1) is 0 Å². The fourth-order valence-electron chi connectivity index (χ4n) is 3.54. The summed E-state index contributed by atoms with van der Waals surface area (Å²) in [6.07, 6.45) is 2.31. The number of hydrogen-bond donors (Lipinski definition) is 1. The van der Waals surface area contributed by atoms with E-state index in [4.69, 9.17) is 4.74 Å². The Hall–Kier alpha value is -3.59. The van der Waals surface area contributed by atoms with Crippen LogP contribution in [0.2, 0.25) is 0 Å². The molecule has 0 radical (unpaired) electrons. The van der Waals surface area contributed by atoms with Gasteiger partial charge in [-0.1, -0.05) is 42.1 Å². The number of thioether (sulfide) groups is 1. The molecular weight excluding hydrogens is 448 g/mol. The van der Waals surface area contributed by atoms with Crippen LogP contribution in [0.5, 0.6) is 5.75 Å². The molecular formula is C25H28N6O2S. The molecule has 0 aliphatic heterocycles. The molecule has 0 bridgehead atoms. The van der Waals surface area contributed by atoms with Gasteiger partial charge in [0.05, 0.1) is 18.6 Å². The maximum absolute atomic E-state index is 12.7. The quantitative estimate of drug-likeness (QED) is 0.332. The van der Waals surface area contributed by atoms with E-state index in [1.165, 1.54) is 11.8 Å². The van der Waals surface area contributed by atoms with Crippen LogP contribution >= 0.6 is 11.8 Å². The van der Waals surface area contributed by atoms with Gasteiger partial charge in [0.15, 0.2) is 5.16 Å². The topological polar surface area (TPSA) is 86.9 Å². The van der Waals surface area contributed by atoms with Gasteiger partial charge < -0.3 is 10.1 Å². The van der Waals surface area contributed by atoms with Gasteiger partial charge in [-0.25, -0.2) is 4.68 Å². The summed E-state index contributed by atoms with van der Waals surface area (Å²) in [6.45, 7) is 6.60. The molecule has 34 heavy (non-hydrogen) atoms. The second-order valence-electron chi connectivity index (χ2n) is 7.92. The van der Waals surface area contributed by atoms with Crippen molar-refractivity contribution >= 4 is 23.5 Å². The second kappa shape index (κ2) is 11.0. The highest BCUT2D eigenvalue weighted by atomic mass is 32.2. The zero-order valence-corrected chi connectivity index (χ0v) is 20.3. The van der Waals surface area contributed by atoms with E-state index < -0.39 is 0 Å². The Bertz CT molecular complexity index is 1220. The molecule has 0 spiro atoms. The molecule has 1 N–H and O–H groups in total. The van der Waals surface area contributed by atoms with Crippen molar-refractivity contribution < 1.29 is 9.53 Å². The largest absolute Gasteiger partial charge is 0.494 e. The molecule has 4 aromatic rings. The lowest BCUT2D eigenvalue weighted by Gasteiger charge is -2.13. The molecule has 0 aliphatic rings. The van der Waals surface area contributed by atoms with Gasteiger partial charge in [0.2, 0.25) is 5.91 Å². The summed E-state index contributed by atoms with van der Waals surface area (Å²) in [5.74, 6) is 2.36. The van der Waals surface area contributed by atoms with Crippen LogP contribution in [0.4, 0.5) is 5.82 Å². The lowest BCUT2D eigenvalue weighted by molar-refractivity contribution is -0.113. The van der Waals surface area contributed by atoms with Gasteiger partial charge in [-0.05, 0) is 50.6 Å². The first-order valence-electron chi connectivity index (χ1n) is 11.2. The molecule has 8 nitrogen and oxygen atoms in total. The Morgan fingerprint density at radius 1 is 1.06 bits per heavy atom. The molecule has 4 rings (SSSR count). The lowest BCUT2D eigenvalue weighted by Crippen LogP contribution is -2.18. The van der Waals surface area contributed by atoms with Crippen molar-refractivity contribution in [1.29, 1.82) is 0 Å². The highest BCUT2D eigenvalue weighted by molar-refractivity contribution is 7.99. The Morgan fingerprint density at radius 2 is 1.82 bits per heavy atom. The monoisotopic (exact) mass is 476 g/mol. The third kappa shape index (κ3) is 5.66. The van der Waals surface area contributed by atoms with E-state index >= 15 is 0 Å². The van der Waals surface area contributed by atoms with Crippen LogP contribution < -0.4 is 10.1 Å². The minimum atomic E-state index is -0.127. The van der Waals surface area contributed by atoms with Crippen LogP contribution in [0.15, 0.2) is 72.0 Å². The molecule has 1 amide bonds. The third-order valence-corrected chi connectivity index (χ3v) is 6.00. The van der Waals surface area contributed by atoms with Crippen LogP contribution in [-0.2, 0) is 11.2 Å². The number of rotatable bonds is 10. The minimum Gasteiger partial charge on any atom is -0.494 e. The summed E-state index contributed by atoms with van der Waals surface area (Å²) in [5, 5.41) is 16.7. The number of ether oxygens (including phenoxy) is 1. The van der Waals surface area contributed by atoms with E-state index in [0.717, 1.165) is 22.8 Å². The Morgan fingerprint density at radius 3 is 2.53 bits per heavy atom.